The molecule has 5 heteroatoms. The summed E-state index contributed by atoms with van der Waals surface area (Å²) >= 11 is 4.90. The molecule has 1 atom stereocenters. The molecule has 17 heavy (non-hydrogen) atoms. The summed E-state index contributed by atoms with van der Waals surface area (Å²) in [6.45, 7) is 4.27. The van der Waals surface area contributed by atoms with Gasteiger partial charge in [-0.05, 0) is 32.0 Å². The zero-order valence-electron chi connectivity index (χ0n) is 9.97. The molecule has 1 aromatic rings. The highest BCUT2D eigenvalue weighted by Gasteiger charge is 2.08. The lowest BCUT2D eigenvalue weighted by Gasteiger charge is -2.14. The quantitative estimate of drug-likeness (QED) is 0.754. The molecule has 0 bridgehead atoms. The van der Waals surface area contributed by atoms with Crippen molar-refractivity contribution in [1.29, 1.82) is 0 Å². The van der Waals surface area contributed by atoms with Gasteiger partial charge in [-0.1, -0.05) is 12.2 Å². The number of thiocarbonyl (C=S) groups is 1. The molecule has 94 valence electrons. The maximum atomic E-state index is 9.17. The van der Waals surface area contributed by atoms with E-state index in [4.69, 9.17) is 27.4 Å². The number of aliphatic hydroxyl groups excluding tert-OH is 1. The lowest BCUT2D eigenvalue weighted by atomic mass is 10.2. The minimum absolute atomic E-state index is 0.215. The molecule has 0 aliphatic carbocycles. The van der Waals surface area contributed by atoms with Crippen LogP contribution in [-0.2, 0) is 0 Å². The summed E-state index contributed by atoms with van der Waals surface area (Å²) in [5, 5.41) is 9.17. The van der Waals surface area contributed by atoms with Crippen LogP contribution in [-0.4, -0.2) is 29.4 Å². The summed E-state index contributed by atoms with van der Waals surface area (Å²) in [7, 11) is 0. The van der Waals surface area contributed by atoms with Crippen molar-refractivity contribution in [2.45, 2.75) is 20.0 Å². The van der Waals surface area contributed by atoms with Gasteiger partial charge >= 0.3 is 0 Å². The van der Waals surface area contributed by atoms with E-state index in [1.807, 2.05) is 6.92 Å². The molecule has 0 aliphatic heterocycles. The van der Waals surface area contributed by atoms with Crippen LogP contribution in [0.1, 0.15) is 19.4 Å². The highest BCUT2D eigenvalue weighted by molar-refractivity contribution is 7.80. The normalized spacial score (nSPS) is 11.9. The van der Waals surface area contributed by atoms with Gasteiger partial charge in [-0.3, -0.25) is 0 Å². The van der Waals surface area contributed by atoms with E-state index in [-0.39, 0.29) is 6.61 Å². The van der Waals surface area contributed by atoms with Crippen molar-refractivity contribution in [3.63, 3.8) is 0 Å². The Hall–Kier alpha value is -1.33. The van der Waals surface area contributed by atoms with Crippen molar-refractivity contribution in [3.8, 4) is 11.5 Å². The summed E-state index contributed by atoms with van der Waals surface area (Å²) in [5.74, 6) is 1.16. The lowest BCUT2D eigenvalue weighted by molar-refractivity contribution is 0.120. The van der Waals surface area contributed by atoms with Crippen LogP contribution in [0.25, 0.3) is 0 Å². The monoisotopic (exact) mass is 255 g/mol. The molecule has 0 heterocycles. The van der Waals surface area contributed by atoms with Crippen molar-refractivity contribution in [1.82, 2.24) is 0 Å². The number of rotatable bonds is 6. The molecule has 0 aliphatic rings. The second-order valence-electron chi connectivity index (χ2n) is 3.62. The Labute approximate surface area is 106 Å². The van der Waals surface area contributed by atoms with E-state index in [1.54, 1.807) is 25.1 Å². The Morgan fingerprint density at radius 2 is 2.12 bits per heavy atom. The van der Waals surface area contributed by atoms with Crippen molar-refractivity contribution < 1.29 is 14.6 Å². The Bertz CT molecular complexity index is 393. The van der Waals surface area contributed by atoms with Crippen LogP contribution >= 0.6 is 12.2 Å². The predicted molar refractivity (Wildman–Crippen MR) is 70.7 cm³/mol. The zero-order chi connectivity index (χ0) is 12.8. The molecular formula is C12H17NO3S. The third-order valence-corrected chi connectivity index (χ3v) is 2.24. The highest BCUT2D eigenvalue weighted by Crippen LogP contribution is 2.28. The average molecular weight is 255 g/mol. The Morgan fingerprint density at radius 3 is 2.65 bits per heavy atom. The smallest absolute Gasteiger partial charge is 0.161 e. The summed E-state index contributed by atoms with van der Waals surface area (Å²) in [4.78, 5) is 0.313. The van der Waals surface area contributed by atoms with Gasteiger partial charge < -0.3 is 20.3 Å². The highest BCUT2D eigenvalue weighted by atomic mass is 32.1. The first-order valence-corrected chi connectivity index (χ1v) is 5.83. The van der Waals surface area contributed by atoms with Gasteiger partial charge in [0, 0.05) is 5.56 Å². The number of aliphatic hydroxyl groups is 1. The second-order valence-corrected chi connectivity index (χ2v) is 4.06. The van der Waals surface area contributed by atoms with Crippen LogP contribution in [0.5, 0.6) is 11.5 Å². The van der Waals surface area contributed by atoms with Crippen LogP contribution in [0.3, 0.4) is 0 Å². The van der Waals surface area contributed by atoms with Gasteiger partial charge in [0.1, 0.15) is 11.6 Å². The van der Waals surface area contributed by atoms with Gasteiger partial charge in [-0.15, -0.1) is 0 Å². The van der Waals surface area contributed by atoms with Crippen molar-refractivity contribution in [3.05, 3.63) is 23.8 Å². The fraction of sp³-hybridized carbons (Fsp3) is 0.417. The van der Waals surface area contributed by atoms with E-state index in [0.717, 1.165) is 5.56 Å². The first kappa shape index (κ1) is 13.7. The maximum absolute atomic E-state index is 9.17. The van der Waals surface area contributed by atoms with Crippen LogP contribution < -0.4 is 15.2 Å². The standard InChI is InChI=1S/C12H17NO3S/c1-3-15-11-6-9(12(13)17)4-5-10(11)16-7-8(2)14/h4-6,8,14H,3,7H2,1-2H3,(H2,13,17). The molecule has 0 aromatic heterocycles. The molecule has 0 fully saturated rings. The molecular weight excluding hydrogens is 238 g/mol. The maximum Gasteiger partial charge on any atom is 0.161 e. The molecule has 0 spiro atoms. The van der Waals surface area contributed by atoms with Crippen molar-refractivity contribution >= 4 is 17.2 Å². The Morgan fingerprint density at radius 1 is 1.41 bits per heavy atom. The molecule has 1 unspecified atom stereocenters. The fourth-order valence-corrected chi connectivity index (χ4v) is 1.39. The molecule has 1 rings (SSSR count). The van der Waals surface area contributed by atoms with Gasteiger partial charge in [0.25, 0.3) is 0 Å². The zero-order valence-corrected chi connectivity index (χ0v) is 10.8. The summed E-state index contributed by atoms with van der Waals surface area (Å²) in [5.41, 5.74) is 6.28. The van der Waals surface area contributed by atoms with Crippen LogP contribution in [0, 0.1) is 0 Å². The van der Waals surface area contributed by atoms with E-state index in [0.29, 0.717) is 23.1 Å². The van der Waals surface area contributed by atoms with Gasteiger partial charge in [0.05, 0.1) is 12.7 Å². The second kappa shape index (κ2) is 6.42. The Balaban J connectivity index is 2.91. The molecule has 3 N–H and O–H groups in total. The SMILES string of the molecule is CCOc1cc(C(N)=S)ccc1OCC(C)O. The molecule has 4 nitrogen and oxygen atoms in total. The largest absolute Gasteiger partial charge is 0.490 e. The lowest BCUT2D eigenvalue weighted by Crippen LogP contribution is -2.14. The summed E-state index contributed by atoms with van der Waals surface area (Å²) in [6, 6.07) is 5.24. The minimum Gasteiger partial charge on any atom is -0.490 e. The number of hydrogen-bond acceptors (Lipinski definition) is 4. The third-order valence-electron chi connectivity index (χ3n) is 2.01. The van der Waals surface area contributed by atoms with Gasteiger partial charge in [0.2, 0.25) is 0 Å². The topological polar surface area (TPSA) is 64.7 Å². The third kappa shape index (κ3) is 4.20. The number of hydrogen-bond donors (Lipinski definition) is 2. The van der Waals surface area contributed by atoms with Crippen LogP contribution in [0.4, 0.5) is 0 Å². The fourth-order valence-electron chi connectivity index (χ4n) is 1.26. The Kier molecular flexibility index (Phi) is 5.18. The van der Waals surface area contributed by atoms with E-state index < -0.39 is 6.10 Å². The summed E-state index contributed by atoms with van der Waals surface area (Å²) in [6.07, 6.45) is -0.528. The minimum atomic E-state index is -0.528. The number of benzene rings is 1. The molecule has 0 saturated heterocycles. The average Bonchev–Trinajstić information content (AvgIpc) is 2.27. The molecule has 0 radical (unpaired) electrons. The van der Waals surface area contributed by atoms with E-state index >= 15 is 0 Å². The number of nitrogens with two attached hydrogens (primary N) is 1. The first-order valence-electron chi connectivity index (χ1n) is 5.42. The van der Waals surface area contributed by atoms with Gasteiger partial charge in [-0.2, -0.15) is 0 Å². The van der Waals surface area contributed by atoms with E-state index in [9.17, 15) is 5.11 Å². The van der Waals surface area contributed by atoms with Crippen molar-refractivity contribution in [2.24, 2.45) is 5.73 Å². The molecule has 0 amide bonds. The first-order chi connectivity index (χ1) is 8.04. The van der Waals surface area contributed by atoms with E-state index in [1.165, 1.54) is 0 Å². The van der Waals surface area contributed by atoms with Gasteiger partial charge in [-0.25, -0.2) is 0 Å². The van der Waals surface area contributed by atoms with Crippen LogP contribution in [0.2, 0.25) is 0 Å². The number of ether oxygens (including phenoxy) is 2. The van der Waals surface area contributed by atoms with Gasteiger partial charge in [0.15, 0.2) is 11.5 Å². The molecule has 0 saturated carbocycles. The van der Waals surface area contributed by atoms with Crippen molar-refractivity contribution in [2.75, 3.05) is 13.2 Å². The predicted octanol–water partition coefficient (Wildman–Crippen LogP) is 1.48. The van der Waals surface area contributed by atoms with E-state index in [2.05, 4.69) is 0 Å². The molecule has 1 aromatic carbocycles. The van der Waals surface area contributed by atoms with Crippen LogP contribution in [0.15, 0.2) is 18.2 Å². The summed E-state index contributed by atoms with van der Waals surface area (Å²) < 4.78 is 10.9.